The van der Waals surface area contributed by atoms with E-state index in [-0.39, 0.29) is 0 Å². The van der Waals surface area contributed by atoms with Gasteiger partial charge in [-0.25, -0.2) is 9.97 Å². The highest BCUT2D eigenvalue weighted by molar-refractivity contribution is 5.68. The number of aromatic nitrogens is 2. The minimum atomic E-state index is 0.538. The Bertz CT molecular complexity index is 933. The first-order chi connectivity index (χ1) is 13.5. The molecule has 0 atom stereocenters. The van der Waals surface area contributed by atoms with Crippen LogP contribution in [0.1, 0.15) is 11.4 Å². The second kappa shape index (κ2) is 8.47. The smallest absolute Gasteiger partial charge is 0.203 e. The van der Waals surface area contributed by atoms with Crippen molar-refractivity contribution in [3.05, 3.63) is 53.9 Å². The van der Waals surface area contributed by atoms with Gasteiger partial charge < -0.3 is 24.8 Å². The van der Waals surface area contributed by atoms with Gasteiger partial charge in [-0.15, -0.1) is 0 Å². The molecule has 0 aliphatic rings. The Hall–Kier alpha value is -3.48. The molecule has 0 fully saturated rings. The molecule has 1 aromatic heterocycles. The van der Waals surface area contributed by atoms with Gasteiger partial charge in [-0.05, 0) is 26.0 Å². The van der Waals surface area contributed by atoms with Crippen molar-refractivity contribution in [1.29, 1.82) is 0 Å². The van der Waals surface area contributed by atoms with Crippen molar-refractivity contribution >= 4 is 23.0 Å². The topological polar surface area (TPSA) is 77.5 Å². The third kappa shape index (κ3) is 4.43. The summed E-state index contributed by atoms with van der Waals surface area (Å²) in [4.78, 5) is 8.92. The zero-order valence-electron chi connectivity index (χ0n) is 16.7. The van der Waals surface area contributed by atoms with E-state index in [1.54, 1.807) is 21.3 Å². The minimum absolute atomic E-state index is 0.538. The van der Waals surface area contributed by atoms with Crippen LogP contribution in [0.3, 0.4) is 0 Å². The van der Waals surface area contributed by atoms with Crippen LogP contribution in [-0.4, -0.2) is 31.3 Å². The fourth-order valence-electron chi connectivity index (χ4n) is 2.78. The molecule has 0 unspecified atom stereocenters. The van der Waals surface area contributed by atoms with E-state index in [2.05, 4.69) is 27.5 Å². The maximum atomic E-state index is 5.40. The number of aryl methyl sites for hydroxylation is 2. The number of hydrogen-bond acceptors (Lipinski definition) is 7. The molecule has 7 nitrogen and oxygen atoms in total. The predicted octanol–water partition coefficient (Wildman–Crippen LogP) is 4.61. The first-order valence-corrected chi connectivity index (χ1v) is 8.78. The Kier molecular flexibility index (Phi) is 5.84. The second-order valence-corrected chi connectivity index (χ2v) is 6.22. The number of nitrogens with zero attached hydrogens (tertiary/aromatic N) is 2. The summed E-state index contributed by atoms with van der Waals surface area (Å²) < 4.78 is 16.2. The fraction of sp³-hybridized carbons (Fsp3) is 0.238. The Balaban J connectivity index is 1.88. The Morgan fingerprint density at radius 3 is 1.71 bits per heavy atom. The molecule has 0 saturated heterocycles. The lowest BCUT2D eigenvalue weighted by Crippen LogP contribution is -2.02. The number of hydrogen-bond donors (Lipinski definition) is 2. The van der Waals surface area contributed by atoms with Gasteiger partial charge in [0.2, 0.25) is 5.75 Å². The third-order valence-electron chi connectivity index (χ3n) is 4.10. The van der Waals surface area contributed by atoms with E-state index in [4.69, 9.17) is 14.2 Å². The Morgan fingerprint density at radius 1 is 0.679 bits per heavy atom. The summed E-state index contributed by atoms with van der Waals surface area (Å²) in [5.41, 5.74) is 2.92. The van der Waals surface area contributed by atoms with E-state index in [1.807, 2.05) is 49.4 Å². The first kappa shape index (κ1) is 19.3. The molecule has 28 heavy (non-hydrogen) atoms. The lowest BCUT2D eigenvalue weighted by atomic mass is 10.2. The van der Waals surface area contributed by atoms with Crippen molar-refractivity contribution in [3.63, 3.8) is 0 Å². The van der Waals surface area contributed by atoms with E-state index >= 15 is 0 Å². The predicted molar refractivity (Wildman–Crippen MR) is 111 cm³/mol. The molecular formula is C21H24N4O3. The van der Waals surface area contributed by atoms with Crippen molar-refractivity contribution in [1.82, 2.24) is 9.97 Å². The van der Waals surface area contributed by atoms with Gasteiger partial charge >= 0.3 is 0 Å². The zero-order chi connectivity index (χ0) is 20.1. The lowest BCUT2D eigenvalue weighted by molar-refractivity contribution is 0.324. The van der Waals surface area contributed by atoms with Crippen LogP contribution >= 0.6 is 0 Å². The largest absolute Gasteiger partial charge is 0.493 e. The van der Waals surface area contributed by atoms with Crippen LogP contribution in [-0.2, 0) is 0 Å². The summed E-state index contributed by atoms with van der Waals surface area (Å²) >= 11 is 0. The standard InChI is InChI=1S/C21H24N4O3/c1-13-6-8-15(9-7-13)24-19-12-20(23-14(2)22-19)25-16-10-17(26-3)21(28-5)18(11-16)27-4/h6-12H,1-5H3,(H2,22,23,24,25). The van der Waals surface area contributed by atoms with E-state index in [1.165, 1.54) is 5.56 Å². The van der Waals surface area contributed by atoms with Gasteiger partial charge in [-0.3, -0.25) is 0 Å². The van der Waals surface area contributed by atoms with Gasteiger partial charge in [0.15, 0.2) is 11.5 Å². The summed E-state index contributed by atoms with van der Waals surface area (Å²) in [5, 5.41) is 6.58. The molecule has 0 radical (unpaired) electrons. The molecule has 146 valence electrons. The summed E-state index contributed by atoms with van der Waals surface area (Å²) in [6, 6.07) is 13.6. The normalized spacial score (nSPS) is 10.3. The molecule has 0 amide bonds. The highest BCUT2D eigenvalue weighted by Crippen LogP contribution is 2.40. The molecule has 0 bridgehead atoms. The highest BCUT2D eigenvalue weighted by Gasteiger charge is 2.14. The van der Waals surface area contributed by atoms with Gasteiger partial charge in [0, 0.05) is 29.6 Å². The fourth-order valence-corrected chi connectivity index (χ4v) is 2.78. The number of methoxy groups -OCH3 is 3. The monoisotopic (exact) mass is 380 g/mol. The molecular weight excluding hydrogens is 356 g/mol. The molecule has 1 heterocycles. The van der Waals surface area contributed by atoms with Crippen LogP contribution in [0.5, 0.6) is 17.2 Å². The molecule has 7 heteroatoms. The number of benzene rings is 2. The van der Waals surface area contributed by atoms with Crippen molar-refractivity contribution in [3.8, 4) is 17.2 Å². The SMILES string of the molecule is COc1cc(Nc2cc(Nc3ccc(C)cc3)nc(C)n2)cc(OC)c1OC. The minimum Gasteiger partial charge on any atom is -0.493 e. The van der Waals surface area contributed by atoms with Crippen LogP contribution in [0.2, 0.25) is 0 Å². The number of ether oxygens (including phenoxy) is 3. The van der Waals surface area contributed by atoms with Crippen molar-refractivity contribution in [2.75, 3.05) is 32.0 Å². The van der Waals surface area contributed by atoms with Gasteiger partial charge in [-0.2, -0.15) is 0 Å². The van der Waals surface area contributed by atoms with Crippen molar-refractivity contribution in [2.45, 2.75) is 13.8 Å². The average molecular weight is 380 g/mol. The molecule has 0 spiro atoms. The van der Waals surface area contributed by atoms with Gasteiger partial charge in [-0.1, -0.05) is 17.7 Å². The number of nitrogens with one attached hydrogen (secondary N) is 2. The van der Waals surface area contributed by atoms with Crippen LogP contribution in [0.25, 0.3) is 0 Å². The van der Waals surface area contributed by atoms with Crippen LogP contribution in [0, 0.1) is 13.8 Å². The van der Waals surface area contributed by atoms with E-state index < -0.39 is 0 Å². The summed E-state index contributed by atoms with van der Waals surface area (Å²) in [7, 11) is 4.74. The van der Waals surface area contributed by atoms with Crippen LogP contribution in [0.15, 0.2) is 42.5 Å². The number of rotatable bonds is 7. The van der Waals surface area contributed by atoms with Gasteiger partial charge in [0.05, 0.1) is 21.3 Å². The molecule has 0 aliphatic heterocycles. The van der Waals surface area contributed by atoms with E-state index in [0.29, 0.717) is 34.7 Å². The Morgan fingerprint density at radius 2 is 1.21 bits per heavy atom. The average Bonchev–Trinajstić information content (AvgIpc) is 2.68. The Labute approximate surface area is 164 Å². The quantitative estimate of drug-likeness (QED) is 0.620. The maximum absolute atomic E-state index is 5.40. The molecule has 0 saturated carbocycles. The van der Waals surface area contributed by atoms with Crippen LogP contribution in [0.4, 0.5) is 23.0 Å². The summed E-state index contributed by atoms with van der Waals surface area (Å²) in [5.74, 6) is 3.66. The molecule has 3 aromatic rings. The molecule has 3 rings (SSSR count). The van der Waals surface area contributed by atoms with E-state index in [0.717, 1.165) is 11.4 Å². The lowest BCUT2D eigenvalue weighted by Gasteiger charge is -2.15. The maximum Gasteiger partial charge on any atom is 0.203 e. The van der Waals surface area contributed by atoms with Gasteiger partial charge in [0.25, 0.3) is 0 Å². The third-order valence-corrected chi connectivity index (χ3v) is 4.10. The summed E-state index contributed by atoms with van der Waals surface area (Å²) in [6.45, 7) is 3.90. The van der Waals surface area contributed by atoms with Gasteiger partial charge in [0.1, 0.15) is 17.5 Å². The highest BCUT2D eigenvalue weighted by atomic mass is 16.5. The van der Waals surface area contributed by atoms with E-state index in [9.17, 15) is 0 Å². The van der Waals surface area contributed by atoms with Crippen LogP contribution < -0.4 is 24.8 Å². The number of anilines is 4. The second-order valence-electron chi connectivity index (χ2n) is 6.22. The molecule has 2 aromatic carbocycles. The van der Waals surface area contributed by atoms with Crippen molar-refractivity contribution < 1.29 is 14.2 Å². The van der Waals surface area contributed by atoms with Crippen molar-refractivity contribution in [2.24, 2.45) is 0 Å². The molecule has 2 N–H and O–H groups in total. The molecule has 0 aliphatic carbocycles. The summed E-state index contributed by atoms with van der Waals surface area (Å²) in [6.07, 6.45) is 0. The first-order valence-electron chi connectivity index (χ1n) is 8.78. The zero-order valence-corrected chi connectivity index (χ0v) is 16.7.